The molecule has 4 aromatic rings. The first-order valence-corrected chi connectivity index (χ1v) is 8.16. The van der Waals surface area contributed by atoms with Crippen molar-refractivity contribution in [2.75, 3.05) is 0 Å². The van der Waals surface area contributed by atoms with Crippen molar-refractivity contribution >= 4 is 33.6 Å². The Balaban J connectivity index is 1.64. The molecule has 0 atom stereocenters. The highest BCUT2D eigenvalue weighted by atomic mass is 32.2. The fourth-order valence-electron chi connectivity index (χ4n) is 2.65. The molecule has 2 aromatic heterocycles. The van der Waals surface area contributed by atoms with Crippen molar-refractivity contribution in [2.24, 2.45) is 7.05 Å². The summed E-state index contributed by atoms with van der Waals surface area (Å²) < 4.78 is 2.03. The van der Waals surface area contributed by atoms with Crippen LogP contribution in [0, 0.1) is 0 Å². The summed E-state index contributed by atoms with van der Waals surface area (Å²) in [6.07, 6.45) is 3.67. The van der Waals surface area contributed by atoms with Crippen molar-refractivity contribution in [3.63, 3.8) is 0 Å². The fraction of sp³-hybridized carbons (Fsp3) is 0.111. The van der Waals surface area contributed by atoms with Gasteiger partial charge in [-0.3, -0.25) is 0 Å². The van der Waals surface area contributed by atoms with Gasteiger partial charge >= 0.3 is 0 Å². The summed E-state index contributed by atoms with van der Waals surface area (Å²) in [6, 6.07) is 17.0. The van der Waals surface area contributed by atoms with Gasteiger partial charge in [0.25, 0.3) is 0 Å². The minimum Gasteiger partial charge on any atom is -0.332 e. The smallest absolute Gasteiger partial charge is 0.122 e. The van der Waals surface area contributed by atoms with Crippen LogP contribution in [0.3, 0.4) is 0 Å². The van der Waals surface area contributed by atoms with Crippen molar-refractivity contribution in [2.45, 2.75) is 10.8 Å². The number of imidazole rings is 1. The summed E-state index contributed by atoms with van der Waals surface area (Å²) in [7, 11) is 2.01. The molecular weight excluding hydrogens is 290 g/mol. The second-order valence-corrected chi connectivity index (χ2v) is 6.27. The topological polar surface area (TPSA) is 30.7 Å². The second kappa shape index (κ2) is 5.46. The Morgan fingerprint density at radius 1 is 1.00 bits per heavy atom. The van der Waals surface area contributed by atoms with E-state index in [9.17, 15) is 0 Å². The van der Waals surface area contributed by atoms with Gasteiger partial charge in [0, 0.05) is 19.0 Å². The van der Waals surface area contributed by atoms with Crippen molar-refractivity contribution in [1.82, 2.24) is 14.5 Å². The molecular formula is C18H15N3S. The highest BCUT2D eigenvalue weighted by Gasteiger charge is 2.08. The average Bonchev–Trinajstić information content (AvgIpc) is 2.95. The third-order valence-electron chi connectivity index (χ3n) is 3.78. The highest BCUT2D eigenvalue weighted by Crippen LogP contribution is 2.28. The van der Waals surface area contributed by atoms with Crippen LogP contribution in [-0.4, -0.2) is 14.5 Å². The molecule has 2 aromatic carbocycles. The van der Waals surface area contributed by atoms with Crippen molar-refractivity contribution in [3.8, 4) is 0 Å². The van der Waals surface area contributed by atoms with Crippen LogP contribution in [0.2, 0.25) is 0 Å². The summed E-state index contributed by atoms with van der Waals surface area (Å²) >= 11 is 1.76. The molecule has 108 valence electrons. The van der Waals surface area contributed by atoms with Crippen LogP contribution in [0.25, 0.3) is 21.8 Å². The van der Waals surface area contributed by atoms with Gasteiger partial charge in [0.15, 0.2) is 0 Å². The van der Waals surface area contributed by atoms with Crippen LogP contribution in [-0.2, 0) is 12.8 Å². The lowest BCUT2D eigenvalue weighted by Gasteiger charge is -2.05. The Kier molecular flexibility index (Phi) is 3.31. The molecule has 4 rings (SSSR count). The number of aryl methyl sites for hydroxylation is 1. The van der Waals surface area contributed by atoms with Crippen LogP contribution >= 0.6 is 11.8 Å². The molecule has 0 aliphatic carbocycles. The third-order valence-corrected chi connectivity index (χ3v) is 4.83. The van der Waals surface area contributed by atoms with Crippen LogP contribution in [0.15, 0.2) is 66.1 Å². The molecule has 22 heavy (non-hydrogen) atoms. The number of aromatic nitrogens is 3. The van der Waals surface area contributed by atoms with Gasteiger partial charge in [-0.15, -0.1) is 0 Å². The Labute approximate surface area is 133 Å². The molecule has 4 heteroatoms. The standard InChI is InChI=1S/C18H15N3S/c1-21-12-20-16-8-9-19-18(17(16)21)22-11-13-6-7-14-4-2-3-5-15(14)10-13/h2-10,12H,11H2,1H3. The number of hydrogen-bond donors (Lipinski definition) is 0. The molecule has 0 aliphatic rings. The molecule has 0 saturated heterocycles. The maximum atomic E-state index is 4.52. The summed E-state index contributed by atoms with van der Waals surface area (Å²) in [5.74, 6) is 0.905. The molecule has 2 heterocycles. The first kappa shape index (κ1) is 13.3. The highest BCUT2D eigenvalue weighted by molar-refractivity contribution is 7.98. The zero-order valence-corrected chi connectivity index (χ0v) is 13.0. The lowest BCUT2D eigenvalue weighted by atomic mass is 10.1. The molecule has 0 bridgehead atoms. The van der Waals surface area contributed by atoms with E-state index in [0.717, 1.165) is 21.8 Å². The van der Waals surface area contributed by atoms with Crippen molar-refractivity contribution in [3.05, 3.63) is 66.6 Å². The first-order valence-electron chi connectivity index (χ1n) is 7.18. The van der Waals surface area contributed by atoms with Gasteiger partial charge < -0.3 is 4.57 Å². The van der Waals surface area contributed by atoms with Gasteiger partial charge in [-0.05, 0) is 22.4 Å². The van der Waals surface area contributed by atoms with E-state index in [-0.39, 0.29) is 0 Å². The van der Waals surface area contributed by atoms with E-state index < -0.39 is 0 Å². The van der Waals surface area contributed by atoms with Crippen LogP contribution in [0.4, 0.5) is 0 Å². The van der Waals surface area contributed by atoms with Crippen LogP contribution in [0.5, 0.6) is 0 Å². The molecule has 0 spiro atoms. The maximum absolute atomic E-state index is 4.52. The van der Waals surface area contributed by atoms with Gasteiger partial charge in [-0.2, -0.15) is 0 Å². The monoisotopic (exact) mass is 305 g/mol. The summed E-state index contributed by atoms with van der Waals surface area (Å²) in [6.45, 7) is 0. The summed E-state index contributed by atoms with van der Waals surface area (Å²) in [5.41, 5.74) is 3.41. The fourth-order valence-corrected chi connectivity index (χ4v) is 3.66. The second-order valence-electron chi connectivity index (χ2n) is 5.31. The van der Waals surface area contributed by atoms with Crippen molar-refractivity contribution in [1.29, 1.82) is 0 Å². The zero-order valence-electron chi connectivity index (χ0n) is 12.2. The molecule has 0 fully saturated rings. The molecule has 0 amide bonds. The van der Waals surface area contributed by atoms with E-state index in [1.807, 2.05) is 30.2 Å². The lowest BCUT2D eigenvalue weighted by molar-refractivity contribution is 0.927. The number of fused-ring (bicyclic) bond motifs is 2. The molecule has 0 aliphatic heterocycles. The Morgan fingerprint density at radius 3 is 2.77 bits per heavy atom. The quantitative estimate of drug-likeness (QED) is 0.525. The molecule has 3 nitrogen and oxygen atoms in total. The number of thioether (sulfide) groups is 1. The van der Waals surface area contributed by atoms with E-state index in [1.54, 1.807) is 11.8 Å². The van der Waals surface area contributed by atoms with Crippen LogP contribution in [0.1, 0.15) is 5.56 Å². The van der Waals surface area contributed by atoms with E-state index in [1.165, 1.54) is 16.3 Å². The van der Waals surface area contributed by atoms with Gasteiger partial charge in [0.05, 0.1) is 11.8 Å². The average molecular weight is 305 g/mol. The molecule has 0 unspecified atom stereocenters. The minimum absolute atomic E-state index is 0.905. The lowest BCUT2D eigenvalue weighted by Crippen LogP contribution is -1.90. The van der Waals surface area contributed by atoms with Gasteiger partial charge in [-0.1, -0.05) is 54.2 Å². The Bertz CT molecular complexity index is 959. The van der Waals surface area contributed by atoms with Gasteiger partial charge in [-0.25, -0.2) is 9.97 Å². The third kappa shape index (κ3) is 2.35. The van der Waals surface area contributed by atoms with Gasteiger partial charge in [0.2, 0.25) is 0 Å². The number of nitrogens with zero attached hydrogens (tertiary/aromatic N) is 3. The SMILES string of the molecule is Cn1cnc2ccnc(SCc3ccc4ccccc4c3)c21. The van der Waals surface area contributed by atoms with E-state index in [2.05, 4.69) is 52.4 Å². The number of benzene rings is 2. The molecule has 0 saturated carbocycles. The van der Waals surface area contributed by atoms with E-state index in [4.69, 9.17) is 0 Å². The molecule has 0 radical (unpaired) electrons. The Morgan fingerprint density at radius 2 is 1.86 bits per heavy atom. The molecule has 0 N–H and O–H groups in total. The zero-order chi connectivity index (χ0) is 14.9. The van der Waals surface area contributed by atoms with E-state index >= 15 is 0 Å². The largest absolute Gasteiger partial charge is 0.332 e. The van der Waals surface area contributed by atoms with Gasteiger partial charge in [0.1, 0.15) is 10.5 Å². The number of pyridine rings is 1. The minimum atomic E-state index is 0.905. The maximum Gasteiger partial charge on any atom is 0.122 e. The van der Waals surface area contributed by atoms with Crippen LogP contribution < -0.4 is 0 Å². The predicted octanol–water partition coefficient (Wildman–Crippen LogP) is 4.41. The summed E-state index contributed by atoms with van der Waals surface area (Å²) in [4.78, 5) is 8.90. The first-order chi connectivity index (χ1) is 10.8. The normalized spacial score (nSPS) is 11.3. The predicted molar refractivity (Wildman–Crippen MR) is 92.0 cm³/mol. The summed E-state index contributed by atoms with van der Waals surface area (Å²) in [5, 5.41) is 3.60. The van der Waals surface area contributed by atoms with Crippen molar-refractivity contribution < 1.29 is 0 Å². The number of rotatable bonds is 3. The van der Waals surface area contributed by atoms with E-state index in [0.29, 0.717) is 0 Å². The Hall–Kier alpha value is -2.33. The number of hydrogen-bond acceptors (Lipinski definition) is 3.